The number of carbonyl (C=O) groups excluding carboxylic acids is 1. The third-order valence-corrected chi connectivity index (χ3v) is 3.10. The molecule has 20 heavy (non-hydrogen) atoms. The lowest BCUT2D eigenvalue weighted by Crippen LogP contribution is -2.09. The van der Waals surface area contributed by atoms with Crippen molar-refractivity contribution in [1.82, 2.24) is 9.97 Å². The van der Waals surface area contributed by atoms with Crippen LogP contribution in [0.4, 0.5) is 5.82 Å². The number of aryl methyl sites for hydroxylation is 1. The van der Waals surface area contributed by atoms with Crippen LogP contribution in [0.2, 0.25) is 0 Å². The van der Waals surface area contributed by atoms with E-state index in [0.29, 0.717) is 5.82 Å². The van der Waals surface area contributed by atoms with Gasteiger partial charge in [0.1, 0.15) is 5.82 Å². The summed E-state index contributed by atoms with van der Waals surface area (Å²) >= 11 is 1.50. The fraction of sp³-hybridized carbons (Fsp3) is 0.0769. The number of nitrogens with zero attached hydrogens (tertiary/aromatic N) is 2. The Balaban J connectivity index is 1.97. The van der Waals surface area contributed by atoms with Crippen molar-refractivity contribution in [2.45, 2.75) is 6.92 Å². The Morgan fingerprint density at radius 3 is 2.75 bits per heavy atom. The number of anilines is 1. The molecule has 0 saturated heterocycles. The summed E-state index contributed by atoms with van der Waals surface area (Å²) in [6.45, 7) is 1.88. The molecular weight excluding hydrogens is 278 g/mol. The normalized spacial score (nSPS) is 10.7. The minimum Gasteiger partial charge on any atom is -0.478 e. The molecule has 0 atom stereocenters. The summed E-state index contributed by atoms with van der Waals surface area (Å²) in [4.78, 5) is 30.3. The molecule has 2 heterocycles. The first kappa shape index (κ1) is 13.9. The predicted molar refractivity (Wildman–Crippen MR) is 75.7 cm³/mol. The second-order valence-corrected chi connectivity index (χ2v) is 4.91. The monoisotopic (exact) mass is 289 g/mol. The molecule has 2 aromatic heterocycles. The molecule has 0 fully saturated rings. The molecule has 6 nitrogen and oxygen atoms in total. The second kappa shape index (κ2) is 6.07. The molecule has 0 aromatic carbocycles. The van der Waals surface area contributed by atoms with E-state index in [1.54, 1.807) is 6.08 Å². The summed E-state index contributed by atoms with van der Waals surface area (Å²) in [5, 5.41) is 14.0. The Labute approximate surface area is 118 Å². The topological polar surface area (TPSA) is 92.2 Å². The number of nitrogens with one attached hydrogen (secondary N) is 1. The number of rotatable bonds is 4. The summed E-state index contributed by atoms with van der Waals surface area (Å²) in [5.41, 5.74) is 0.785. The number of pyridine rings is 1. The molecular formula is C13H11N3O3S. The maximum Gasteiger partial charge on any atom is 0.337 e. The first-order valence-electron chi connectivity index (χ1n) is 5.65. The number of carbonyl (C=O) groups is 2. The highest BCUT2D eigenvalue weighted by Gasteiger charge is 2.04. The van der Waals surface area contributed by atoms with Crippen LogP contribution in [-0.2, 0) is 4.79 Å². The maximum absolute atomic E-state index is 11.6. The van der Waals surface area contributed by atoms with E-state index in [2.05, 4.69) is 15.3 Å². The van der Waals surface area contributed by atoms with Gasteiger partial charge in [0.2, 0.25) is 5.91 Å². The zero-order chi connectivity index (χ0) is 14.5. The zero-order valence-electron chi connectivity index (χ0n) is 10.5. The van der Waals surface area contributed by atoms with Gasteiger partial charge in [-0.1, -0.05) is 0 Å². The molecule has 0 radical (unpaired) electrons. The molecule has 0 saturated carbocycles. The van der Waals surface area contributed by atoms with Crippen LogP contribution < -0.4 is 5.32 Å². The number of hydrogen-bond acceptors (Lipinski definition) is 5. The van der Waals surface area contributed by atoms with Gasteiger partial charge >= 0.3 is 5.97 Å². The van der Waals surface area contributed by atoms with Crippen molar-refractivity contribution in [2.75, 3.05) is 5.32 Å². The van der Waals surface area contributed by atoms with Gasteiger partial charge in [0, 0.05) is 17.7 Å². The highest BCUT2D eigenvalue weighted by Crippen LogP contribution is 2.09. The number of thiazole rings is 1. The molecule has 7 heteroatoms. The Hall–Kier alpha value is -2.54. The minimum atomic E-state index is -1.06. The van der Waals surface area contributed by atoms with E-state index in [0.717, 1.165) is 10.7 Å². The summed E-state index contributed by atoms with van der Waals surface area (Å²) in [6.07, 6.45) is 4.14. The smallest absolute Gasteiger partial charge is 0.337 e. The van der Waals surface area contributed by atoms with Crippen LogP contribution in [-0.4, -0.2) is 27.0 Å². The quantitative estimate of drug-likeness (QED) is 0.842. The highest BCUT2D eigenvalue weighted by molar-refractivity contribution is 7.09. The van der Waals surface area contributed by atoms with Crippen molar-refractivity contribution in [1.29, 1.82) is 0 Å². The third kappa shape index (κ3) is 3.72. The highest BCUT2D eigenvalue weighted by atomic mass is 32.1. The largest absolute Gasteiger partial charge is 0.478 e. The Morgan fingerprint density at radius 1 is 1.40 bits per heavy atom. The number of amides is 1. The average molecular weight is 289 g/mol. The van der Waals surface area contributed by atoms with Crippen LogP contribution in [0.3, 0.4) is 0 Å². The molecule has 0 aliphatic heterocycles. The first-order valence-corrected chi connectivity index (χ1v) is 6.53. The molecule has 2 rings (SSSR count). The lowest BCUT2D eigenvalue weighted by molar-refractivity contribution is -0.111. The molecule has 0 spiro atoms. The van der Waals surface area contributed by atoms with Crippen LogP contribution in [0.5, 0.6) is 0 Å². The van der Waals surface area contributed by atoms with E-state index in [4.69, 9.17) is 5.11 Å². The summed E-state index contributed by atoms with van der Waals surface area (Å²) in [5.74, 6) is -1.13. The summed E-state index contributed by atoms with van der Waals surface area (Å²) in [7, 11) is 0. The van der Waals surface area contributed by atoms with Gasteiger partial charge in [0.15, 0.2) is 0 Å². The van der Waals surface area contributed by atoms with E-state index >= 15 is 0 Å². The summed E-state index contributed by atoms with van der Waals surface area (Å²) < 4.78 is 0. The predicted octanol–water partition coefficient (Wildman–Crippen LogP) is 2.20. The molecule has 2 N–H and O–H groups in total. The number of carboxylic acid groups (broad SMARTS) is 1. The zero-order valence-corrected chi connectivity index (χ0v) is 11.3. The lowest BCUT2D eigenvalue weighted by Gasteiger charge is -2.00. The fourth-order valence-electron chi connectivity index (χ4n) is 1.38. The first-order chi connectivity index (χ1) is 9.54. The van der Waals surface area contributed by atoms with E-state index in [1.807, 2.05) is 12.3 Å². The maximum atomic E-state index is 11.6. The van der Waals surface area contributed by atoms with Crippen molar-refractivity contribution < 1.29 is 14.7 Å². The van der Waals surface area contributed by atoms with E-state index in [9.17, 15) is 9.59 Å². The van der Waals surface area contributed by atoms with Crippen molar-refractivity contribution >= 4 is 35.1 Å². The molecule has 0 aliphatic carbocycles. The fourth-order valence-corrected chi connectivity index (χ4v) is 1.96. The van der Waals surface area contributed by atoms with Crippen LogP contribution in [0.1, 0.15) is 21.1 Å². The van der Waals surface area contributed by atoms with E-state index in [1.165, 1.54) is 35.7 Å². The van der Waals surface area contributed by atoms with Crippen molar-refractivity contribution in [3.63, 3.8) is 0 Å². The van der Waals surface area contributed by atoms with Gasteiger partial charge in [0.25, 0.3) is 0 Å². The standard InChI is InChI=1S/C13H11N3O3S/c1-8-15-10(7-20-8)3-5-12(17)16-11-4-2-9(6-14-11)13(18)19/h2-7H,1H3,(H,18,19)(H,14,16,17)/b5-3+. The van der Waals surface area contributed by atoms with Gasteiger partial charge in [-0.2, -0.15) is 0 Å². The van der Waals surface area contributed by atoms with Crippen LogP contribution >= 0.6 is 11.3 Å². The Morgan fingerprint density at radius 2 is 2.20 bits per heavy atom. The number of aromatic nitrogens is 2. The summed E-state index contributed by atoms with van der Waals surface area (Å²) in [6, 6.07) is 2.81. The van der Waals surface area contributed by atoms with Gasteiger partial charge < -0.3 is 10.4 Å². The van der Waals surface area contributed by atoms with Crippen molar-refractivity contribution in [2.24, 2.45) is 0 Å². The van der Waals surface area contributed by atoms with Gasteiger partial charge in [-0.15, -0.1) is 11.3 Å². The third-order valence-electron chi connectivity index (χ3n) is 2.30. The van der Waals surface area contributed by atoms with Gasteiger partial charge in [-0.05, 0) is 25.1 Å². The van der Waals surface area contributed by atoms with E-state index in [-0.39, 0.29) is 11.5 Å². The van der Waals surface area contributed by atoms with E-state index < -0.39 is 5.97 Å². The second-order valence-electron chi connectivity index (χ2n) is 3.85. The molecule has 1 amide bonds. The van der Waals surface area contributed by atoms with Crippen LogP contribution in [0.15, 0.2) is 29.8 Å². The lowest BCUT2D eigenvalue weighted by atomic mass is 10.3. The number of aromatic carboxylic acids is 1. The van der Waals surface area contributed by atoms with Crippen molar-refractivity contribution in [3.8, 4) is 0 Å². The Bertz CT molecular complexity index is 662. The van der Waals surface area contributed by atoms with Crippen molar-refractivity contribution in [3.05, 3.63) is 46.1 Å². The number of carboxylic acids is 1. The molecule has 102 valence electrons. The van der Waals surface area contributed by atoms with Gasteiger partial charge in [-0.25, -0.2) is 14.8 Å². The molecule has 0 aliphatic rings. The SMILES string of the molecule is Cc1nc(/C=C/C(=O)Nc2ccc(C(=O)O)cn2)cs1. The number of hydrogen-bond donors (Lipinski definition) is 2. The molecule has 0 bridgehead atoms. The van der Waals surface area contributed by atoms with Gasteiger partial charge in [0.05, 0.1) is 16.3 Å². The average Bonchev–Trinajstić information content (AvgIpc) is 2.83. The molecule has 0 unspecified atom stereocenters. The van der Waals surface area contributed by atoms with Crippen LogP contribution in [0, 0.1) is 6.92 Å². The molecule has 2 aromatic rings. The van der Waals surface area contributed by atoms with Gasteiger partial charge in [-0.3, -0.25) is 4.79 Å². The van der Waals surface area contributed by atoms with Crippen LogP contribution in [0.25, 0.3) is 6.08 Å². The minimum absolute atomic E-state index is 0.0662. The Kier molecular flexibility index (Phi) is 4.21.